The minimum absolute atomic E-state index is 0.159. The molecule has 0 aromatic rings. The van der Waals surface area contributed by atoms with E-state index in [4.69, 9.17) is 14.6 Å². The van der Waals surface area contributed by atoms with Crippen molar-refractivity contribution >= 4 is 0 Å². The molecule has 6 heteroatoms. The highest BCUT2D eigenvalue weighted by Gasteiger charge is 2.46. The summed E-state index contributed by atoms with van der Waals surface area (Å²) in [6.07, 6.45) is -4.20. The molecule has 1 rings (SSSR count). The standard InChI is InChI=1S/C9H16O6/c1-2-3-14-8-6(12)9(13)15-7(8)5(11)4-10/h2,5-13H,1,3-4H2/t5-,6+,7-,8+,9-/m0/s1. The average molecular weight is 220 g/mol. The first-order valence-electron chi connectivity index (χ1n) is 4.64. The van der Waals surface area contributed by atoms with Crippen LogP contribution < -0.4 is 0 Å². The summed E-state index contributed by atoms with van der Waals surface area (Å²) >= 11 is 0. The third-order valence-electron chi connectivity index (χ3n) is 2.22. The molecule has 1 aliphatic rings. The summed E-state index contributed by atoms with van der Waals surface area (Å²) in [5, 5.41) is 36.8. The van der Waals surface area contributed by atoms with Crippen LogP contribution in [-0.2, 0) is 9.47 Å². The Bertz CT molecular complexity index is 209. The fourth-order valence-electron chi connectivity index (χ4n) is 1.46. The predicted molar refractivity (Wildman–Crippen MR) is 49.9 cm³/mol. The lowest BCUT2D eigenvalue weighted by atomic mass is 10.1. The van der Waals surface area contributed by atoms with Gasteiger partial charge in [-0.1, -0.05) is 6.08 Å². The van der Waals surface area contributed by atoms with Gasteiger partial charge in [0.25, 0.3) is 0 Å². The average Bonchev–Trinajstić information content (AvgIpc) is 2.52. The minimum atomic E-state index is -1.41. The van der Waals surface area contributed by atoms with Crippen molar-refractivity contribution < 1.29 is 29.9 Å². The van der Waals surface area contributed by atoms with Gasteiger partial charge in [-0.05, 0) is 0 Å². The van der Waals surface area contributed by atoms with E-state index in [1.807, 2.05) is 0 Å². The van der Waals surface area contributed by atoms with Gasteiger partial charge in [-0.2, -0.15) is 0 Å². The summed E-state index contributed by atoms with van der Waals surface area (Å²) in [4.78, 5) is 0. The van der Waals surface area contributed by atoms with Crippen molar-refractivity contribution in [3.05, 3.63) is 12.7 Å². The Hall–Kier alpha value is -0.500. The molecule has 4 N–H and O–H groups in total. The highest BCUT2D eigenvalue weighted by atomic mass is 16.7. The number of hydrogen-bond acceptors (Lipinski definition) is 6. The quantitative estimate of drug-likeness (QED) is 0.399. The maximum atomic E-state index is 9.47. The molecule has 0 saturated carbocycles. The van der Waals surface area contributed by atoms with E-state index in [1.165, 1.54) is 6.08 Å². The first kappa shape index (κ1) is 12.6. The maximum absolute atomic E-state index is 9.47. The van der Waals surface area contributed by atoms with E-state index >= 15 is 0 Å². The SMILES string of the molecule is C=CCO[C@@H]1[C@@H](O)[C@@H](O)O[C@H]1[C@@H](O)CO. The fourth-order valence-corrected chi connectivity index (χ4v) is 1.46. The molecule has 1 heterocycles. The molecular formula is C9H16O6. The third kappa shape index (κ3) is 2.75. The van der Waals surface area contributed by atoms with E-state index in [2.05, 4.69) is 6.58 Å². The Morgan fingerprint density at radius 3 is 2.67 bits per heavy atom. The second kappa shape index (κ2) is 5.55. The molecule has 6 nitrogen and oxygen atoms in total. The van der Waals surface area contributed by atoms with E-state index < -0.39 is 37.3 Å². The molecule has 5 atom stereocenters. The number of rotatable bonds is 5. The van der Waals surface area contributed by atoms with Crippen LogP contribution in [0.4, 0.5) is 0 Å². The highest BCUT2D eigenvalue weighted by molar-refractivity contribution is 4.91. The molecule has 0 aromatic carbocycles. The van der Waals surface area contributed by atoms with Crippen molar-refractivity contribution in [2.75, 3.05) is 13.2 Å². The summed E-state index contributed by atoms with van der Waals surface area (Å²) in [5.41, 5.74) is 0. The first-order chi connectivity index (χ1) is 7.11. The summed E-state index contributed by atoms with van der Waals surface area (Å²) < 4.78 is 10.0. The van der Waals surface area contributed by atoms with Gasteiger partial charge >= 0.3 is 0 Å². The van der Waals surface area contributed by atoms with Crippen LogP contribution >= 0.6 is 0 Å². The minimum Gasteiger partial charge on any atom is -0.394 e. The van der Waals surface area contributed by atoms with Crippen molar-refractivity contribution in [1.82, 2.24) is 0 Å². The molecule has 0 bridgehead atoms. The summed E-state index contributed by atoms with van der Waals surface area (Å²) in [7, 11) is 0. The zero-order chi connectivity index (χ0) is 11.4. The lowest BCUT2D eigenvalue weighted by Crippen LogP contribution is -2.42. The molecule has 1 aliphatic heterocycles. The number of aliphatic hydroxyl groups excluding tert-OH is 4. The van der Waals surface area contributed by atoms with Crippen LogP contribution in [0.1, 0.15) is 0 Å². The van der Waals surface area contributed by atoms with Gasteiger partial charge < -0.3 is 29.9 Å². The van der Waals surface area contributed by atoms with Crippen LogP contribution in [0, 0.1) is 0 Å². The molecule has 0 amide bonds. The maximum Gasteiger partial charge on any atom is 0.184 e. The Kier molecular flexibility index (Phi) is 4.65. The normalized spacial score (nSPS) is 37.9. The van der Waals surface area contributed by atoms with Gasteiger partial charge in [-0.15, -0.1) is 6.58 Å². The summed E-state index contributed by atoms with van der Waals surface area (Å²) in [6.45, 7) is 3.06. The molecule has 0 aliphatic carbocycles. The number of aliphatic hydroxyl groups is 4. The van der Waals surface area contributed by atoms with Crippen LogP contribution in [-0.4, -0.2) is 64.3 Å². The molecule has 0 radical (unpaired) electrons. The Morgan fingerprint density at radius 2 is 2.13 bits per heavy atom. The molecule has 1 fully saturated rings. The zero-order valence-corrected chi connectivity index (χ0v) is 8.19. The van der Waals surface area contributed by atoms with E-state index in [9.17, 15) is 15.3 Å². The van der Waals surface area contributed by atoms with Crippen molar-refractivity contribution in [1.29, 1.82) is 0 Å². The van der Waals surface area contributed by atoms with Crippen molar-refractivity contribution in [2.24, 2.45) is 0 Å². The topological polar surface area (TPSA) is 99.4 Å². The third-order valence-corrected chi connectivity index (χ3v) is 2.22. The molecule has 88 valence electrons. The van der Waals surface area contributed by atoms with Gasteiger partial charge in [0.2, 0.25) is 0 Å². The Morgan fingerprint density at radius 1 is 1.47 bits per heavy atom. The van der Waals surface area contributed by atoms with Gasteiger partial charge in [0, 0.05) is 0 Å². The predicted octanol–water partition coefficient (Wildman–Crippen LogP) is -2.01. The summed E-state index contributed by atoms with van der Waals surface area (Å²) in [5.74, 6) is 0. The van der Waals surface area contributed by atoms with Gasteiger partial charge in [0.05, 0.1) is 13.2 Å². The Balaban J connectivity index is 2.63. The summed E-state index contributed by atoms with van der Waals surface area (Å²) in [6, 6.07) is 0. The smallest absolute Gasteiger partial charge is 0.184 e. The molecule has 0 aromatic heterocycles. The zero-order valence-electron chi connectivity index (χ0n) is 8.19. The van der Waals surface area contributed by atoms with Crippen LogP contribution in [0.25, 0.3) is 0 Å². The van der Waals surface area contributed by atoms with E-state index in [0.29, 0.717) is 0 Å². The second-order valence-electron chi connectivity index (χ2n) is 3.32. The molecule has 0 unspecified atom stereocenters. The van der Waals surface area contributed by atoms with Crippen LogP contribution in [0.5, 0.6) is 0 Å². The number of hydrogen-bond donors (Lipinski definition) is 4. The van der Waals surface area contributed by atoms with Gasteiger partial charge in [-0.25, -0.2) is 0 Å². The van der Waals surface area contributed by atoms with Gasteiger partial charge in [-0.3, -0.25) is 0 Å². The molecule has 0 spiro atoms. The first-order valence-corrected chi connectivity index (χ1v) is 4.64. The van der Waals surface area contributed by atoms with Gasteiger partial charge in [0.15, 0.2) is 6.29 Å². The van der Waals surface area contributed by atoms with Crippen molar-refractivity contribution in [3.63, 3.8) is 0 Å². The lowest BCUT2D eigenvalue weighted by molar-refractivity contribution is -0.151. The van der Waals surface area contributed by atoms with Crippen molar-refractivity contribution in [3.8, 4) is 0 Å². The largest absolute Gasteiger partial charge is 0.394 e. The Labute approximate surface area is 87.4 Å². The van der Waals surface area contributed by atoms with E-state index in [1.54, 1.807) is 0 Å². The molecule has 15 heavy (non-hydrogen) atoms. The van der Waals surface area contributed by atoms with Crippen molar-refractivity contribution in [2.45, 2.75) is 30.7 Å². The van der Waals surface area contributed by atoms with Crippen LogP contribution in [0.15, 0.2) is 12.7 Å². The van der Waals surface area contributed by atoms with E-state index in [0.717, 1.165) is 0 Å². The van der Waals surface area contributed by atoms with Crippen LogP contribution in [0.2, 0.25) is 0 Å². The fraction of sp³-hybridized carbons (Fsp3) is 0.778. The number of ether oxygens (including phenoxy) is 2. The lowest BCUT2D eigenvalue weighted by Gasteiger charge is -2.22. The monoisotopic (exact) mass is 220 g/mol. The highest BCUT2D eigenvalue weighted by Crippen LogP contribution is 2.24. The molecular weight excluding hydrogens is 204 g/mol. The van der Waals surface area contributed by atoms with Crippen LogP contribution in [0.3, 0.4) is 0 Å². The van der Waals surface area contributed by atoms with E-state index in [-0.39, 0.29) is 6.61 Å². The van der Waals surface area contributed by atoms with Gasteiger partial charge in [0.1, 0.15) is 24.4 Å². The second-order valence-corrected chi connectivity index (χ2v) is 3.32. The molecule has 1 saturated heterocycles.